The van der Waals surface area contributed by atoms with Crippen LogP contribution in [0, 0.1) is 11.3 Å². The Bertz CT molecular complexity index is 1930. The van der Waals surface area contributed by atoms with E-state index >= 15 is 0 Å². The predicted molar refractivity (Wildman–Crippen MR) is 196 cm³/mol. The lowest BCUT2D eigenvalue weighted by atomic mass is 9.77. The number of hydrogen-bond donors (Lipinski definition) is 5. The number of aromatic nitrogens is 2. The summed E-state index contributed by atoms with van der Waals surface area (Å²) in [4.78, 5) is 46.3. The molecule has 0 bridgehead atoms. The highest BCUT2D eigenvalue weighted by atomic mass is 32.2. The number of carbonyl (C=O) groups excluding carboxylic acids is 3. The van der Waals surface area contributed by atoms with Gasteiger partial charge in [0.05, 0.1) is 34.4 Å². The molecule has 0 fully saturated rings. The van der Waals surface area contributed by atoms with Gasteiger partial charge in [0, 0.05) is 12.5 Å². The van der Waals surface area contributed by atoms with Crippen molar-refractivity contribution in [2.24, 2.45) is 11.3 Å². The van der Waals surface area contributed by atoms with Crippen LogP contribution >= 0.6 is 0 Å². The number of nitrogens with one attached hydrogen (secondary N) is 4. The molecule has 4 rings (SSSR count). The Kier molecular flexibility index (Phi) is 13.0. The summed E-state index contributed by atoms with van der Waals surface area (Å²) in [6.07, 6.45) is -1.39. The predicted octanol–water partition coefficient (Wildman–Crippen LogP) is 5.69. The summed E-state index contributed by atoms with van der Waals surface area (Å²) in [6, 6.07) is 22.2. The molecule has 0 saturated carbocycles. The number of fused-ring (bicyclic) bond motifs is 1. The second-order valence-corrected chi connectivity index (χ2v) is 15.9. The van der Waals surface area contributed by atoms with Crippen LogP contribution in [0.1, 0.15) is 64.8 Å². The number of nitrogens with zero attached hydrogens (tertiary/aromatic N) is 2. The number of benzene rings is 3. The van der Waals surface area contributed by atoms with Gasteiger partial charge in [-0.15, -0.1) is 0 Å². The Balaban J connectivity index is 1.61. The number of anilines is 1. The number of sulfone groups is 1. The molecular formula is C37H48N6O8S. The van der Waals surface area contributed by atoms with Crippen molar-refractivity contribution in [2.75, 3.05) is 24.7 Å². The van der Waals surface area contributed by atoms with Gasteiger partial charge in [0.2, 0.25) is 11.9 Å². The van der Waals surface area contributed by atoms with Gasteiger partial charge in [-0.05, 0) is 48.1 Å². The van der Waals surface area contributed by atoms with E-state index in [1.165, 1.54) is 37.2 Å². The Morgan fingerprint density at radius 3 is 2.23 bits per heavy atom. The smallest absolute Gasteiger partial charge is 0.426 e. The van der Waals surface area contributed by atoms with E-state index in [0.717, 1.165) is 5.56 Å². The molecule has 3 amide bonds. The van der Waals surface area contributed by atoms with Crippen molar-refractivity contribution in [3.63, 3.8) is 0 Å². The monoisotopic (exact) mass is 736 g/mol. The van der Waals surface area contributed by atoms with Gasteiger partial charge in [0.25, 0.3) is 0 Å². The molecule has 1 unspecified atom stereocenters. The molecule has 0 saturated heterocycles. The van der Waals surface area contributed by atoms with E-state index in [2.05, 4.69) is 30.8 Å². The van der Waals surface area contributed by atoms with E-state index in [4.69, 9.17) is 4.74 Å². The summed E-state index contributed by atoms with van der Waals surface area (Å²) < 4.78 is 37.3. The van der Waals surface area contributed by atoms with Crippen molar-refractivity contribution in [3.8, 4) is 0 Å². The lowest BCUT2D eigenvalue weighted by Crippen LogP contribution is -2.57. The van der Waals surface area contributed by atoms with Crippen molar-refractivity contribution >= 4 is 44.9 Å². The third-order valence-corrected chi connectivity index (χ3v) is 10.3. The lowest BCUT2D eigenvalue weighted by molar-refractivity contribution is -0.147. The normalized spacial score (nSPS) is 14.1. The van der Waals surface area contributed by atoms with E-state index in [1.54, 1.807) is 30.3 Å². The van der Waals surface area contributed by atoms with Crippen LogP contribution in [0.15, 0.2) is 83.8 Å². The first-order valence-corrected chi connectivity index (χ1v) is 18.6. The molecule has 15 heteroatoms. The van der Waals surface area contributed by atoms with Gasteiger partial charge in [0.15, 0.2) is 9.84 Å². The maximum absolute atomic E-state index is 14.4. The van der Waals surface area contributed by atoms with Crippen molar-refractivity contribution in [3.05, 3.63) is 90.0 Å². The second kappa shape index (κ2) is 17.0. The van der Waals surface area contributed by atoms with Crippen LogP contribution in [0.4, 0.5) is 15.5 Å². The Labute approximate surface area is 304 Å². The summed E-state index contributed by atoms with van der Waals surface area (Å²) >= 11 is 0. The molecule has 4 aromatic rings. The standard InChI is InChI=1S/C37H48N6O8S/c1-7-14-28(36(2,3)4)32(44)43(42-35(46)51-22-25-15-10-8-11-16-25)31(26-17-12-9-13-18-26)38-23-37(5,47)24-52(48,49)27-19-20-29-30(21-27)40-33(39-29)41-34(45)50-6/h8-13,15-21,28,31,38,47H,7,14,22-24H2,1-6H3,(H,42,46)(H2,39,40,41,45)/t28-,31?,37-/m1/s1. The van der Waals surface area contributed by atoms with Gasteiger partial charge in [-0.25, -0.2) is 33.4 Å². The zero-order chi connectivity index (χ0) is 38.1. The first kappa shape index (κ1) is 39.8. The molecule has 0 aliphatic carbocycles. The third-order valence-electron chi connectivity index (χ3n) is 8.35. The Hall–Kier alpha value is -4.99. The highest BCUT2D eigenvalue weighted by Gasteiger charge is 2.39. The number of aliphatic hydroxyl groups is 1. The molecule has 3 aromatic carbocycles. The van der Waals surface area contributed by atoms with Crippen LogP contribution in [0.2, 0.25) is 0 Å². The van der Waals surface area contributed by atoms with Crippen LogP contribution in [-0.2, 0) is 30.7 Å². The van der Waals surface area contributed by atoms with Crippen LogP contribution in [-0.4, -0.2) is 71.6 Å². The van der Waals surface area contributed by atoms with Gasteiger partial charge < -0.3 is 19.6 Å². The molecule has 280 valence electrons. The summed E-state index contributed by atoms with van der Waals surface area (Å²) in [5, 5.41) is 18.3. The number of imidazole rings is 1. The minimum Gasteiger partial charge on any atom is -0.453 e. The zero-order valence-corrected chi connectivity index (χ0v) is 31.1. The molecule has 14 nitrogen and oxygen atoms in total. The van der Waals surface area contributed by atoms with E-state index in [9.17, 15) is 27.9 Å². The van der Waals surface area contributed by atoms with Gasteiger partial charge in [-0.3, -0.25) is 15.4 Å². The maximum Gasteiger partial charge on any atom is 0.426 e. The van der Waals surface area contributed by atoms with Gasteiger partial charge in [-0.2, -0.15) is 0 Å². The summed E-state index contributed by atoms with van der Waals surface area (Å²) in [6.45, 7) is 8.87. The van der Waals surface area contributed by atoms with Crippen LogP contribution in [0.3, 0.4) is 0 Å². The maximum atomic E-state index is 14.4. The van der Waals surface area contributed by atoms with Gasteiger partial charge in [-0.1, -0.05) is 94.8 Å². The number of methoxy groups -OCH3 is 1. The number of ether oxygens (including phenoxy) is 2. The van der Waals surface area contributed by atoms with E-state index in [-0.39, 0.29) is 29.9 Å². The number of hydrazine groups is 1. The largest absolute Gasteiger partial charge is 0.453 e. The van der Waals surface area contributed by atoms with Crippen LogP contribution < -0.4 is 16.1 Å². The fraction of sp³-hybridized carbons (Fsp3) is 0.405. The molecule has 52 heavy (non-hydrogen) atoms. The fourth-order valence-corrected chi connectivity index (χ4v) is 7.39. The molecule has 0 spiro atoms. The number of amides is 3. The Morgan fingerprint density at radius 2 is 1.62 bits per heavy atom. The molecule has 3 atom stereocenters. The topological polar surface area (TPSA) is 192 Å². The van der Waals surface area contributed by atoms with Crippen molar-refractivity contribution < 1.29 is 37.4 Å². The lowest BCUT2D eigenvalue weighted by Gasteiger charge is -2.39. The fourth-order valence-electron chi connectivity index (χ4n) is 5.73. The highest BCUT2D eigenvalue weighted by Crippen LogP contribution is 2.33. The van der Waals surface area contributed by atoms with E-state index in [0.29, 0.717) is 29.4 Å². The first-order valence-electron chi connectivity index (χ1n) is 16.9. The molecular weight excluding hydrogens is 689 g/mol. The van der Waals surface area contributed by atoms with Gasteiger partial charge in [0.1, 0.15) is 12.8 Å². The minimum absolute atomic E-state index is 0.0319. The number of rotatable bonds is 14. The SMILES string of the molecule is CCC[C@H](C(=O)N(NC(=O)OCc1ccccc1)C(NC[C@@](C)(O)CS(=O)(=O)c1ccc2nc(NC(=O)OC)[nH]c2c1)c1ccccc1)C(C)(C)C. The summed E-state index contributed by atoms with van der Waals surface area (Å²) in [5.74, 6) is -1.51. The quantitative estimate of drug-likeness (QED) is 0.0794. The van der Waals surface area contributed by atoms with Crippen LogP contribution in [0.25, 0.3) is 11.0 Å². The average Bonchev–Trinajstić information content (AvgIpc) is 3.50. The Morgan fingerprint density at radius 1 is 0.962 bits per heavy atom. The number of H-pyrrole nitrogens is 1. The number of carbonyl (C=O) groups is 3. The van der Waals surface area contributed by atoms with Crippen molar-refractivity contribution in [1.82, 2.24) is 25.7 Å². The highest BCUT2D eigenvalue weighted by molar-refractivity contribution is 7.91. The number of hydrogen-bond acceptors (Lipinski definition) is 10. The van der Waals surface area contributed by atoms with Crippen molar-refractivity contribution in [2.45, 2.75) is 70.7 Å². The van der Waals surface area contributed by atoms with Crippen molar-refractivity contribution in [1.29, 1.82) is 0 Å². The third kappa shape index (κ3) is 10.8. The van der Waals surface area contributed by atoms with Gasteiger partial charge >= 0.3 is 12.2 Å². The molecule has 0 aliphatic rings. The first-order chi connectivity index (χ1) is 24.5. The number of aromatic amines is 1. The molecule has 1 aromatic heterocycles. The average molecular weight is 737 g/mol. The van der Waals surface area contributed by atoms with E-state index in [1.807, 2.05) is 58.0 Å². The molecule has 5 N–H and O–H groups in total. The second-order valence-electron chi connectivity index (χ2n) is 13.9. The van der Waals surface area contributed by atoms with E-state index < -0.39 is 50.9 Å². The molecule has 0 aliphatic heterocycles. The van der Waals surface area contributed by atoms with Crippen LogP contribution in [0.5, 0.6) is 0 Å². The molecule has 1 heterocycles. The minimum atomic E-state index is -4.09. The molecule has 0 radical (unpaired) electrons. The summed E-state index contributed by atoms with van der Waals surface area (Å²) in [7, 11) is -2.89. The summed E-state index contributed by atoms with van der Waals surface area (Å²) in [5.41, 5.74) is 2.40. The zero-order valence-electron chi connectivity index (χ0n) is 30.3.